The Morgan fingerprint density at radius 3 is 2.31 bits per heavy atom. The van der Waals surface area contributed by atoms with Gasteiger partial charge in [-0.1, -0.05) is 24.3 Å². The number of benzene rings is 1. The quantitative estimate of drug-likeness (QED) is 0.826. The van der Waals surface area contributed by atoms with Crippen LogP contribution in [-0.4, -0.2) is 17.1 Å². The largest absolute Gasteiger partial charge is 0.480 e. The molecule has 0 heterocycles. The summed E-state index contributed by atoms with van der Waals surface area (Å²) < 4.78 is 25.7. The SMILES string of the molecule is CC(F)(F)c1ccc(CC(N)C(=O)O)cc1. The van der Waals surface area contributed by atoms with Gasteiger partial charge in [-0.05, 0) is 12.0 Å². The minimum Gasteiger partial charge on any atom is -0.480 e. The second-order valence-electron chi connectivity index (χ2n) is 3.73. The van der Waals surface area contributed by atoms with Gasteiger partial charge in [0.1, 0.15) is 6.04 Å². The van der Waals surface area contributed by atoms with Gasteiger partial charge in [-0.25, -0.2) is 8.78 Å². The van der Waals surface area contributed by atoms with Crippen molar-refractivity contribution in [1.29, 1.82) is 0 Å². The lowest BCUT2D eigenvalue weighted by Gasteiger charge is -2.11. The molecule has 1 aromatic rings. The highest BCUT2D eigenvalue weighted by Crippen LogP contribution is 2.26. The molecule has 0 bridgehead atoms. The molecule has 0 fully saturated rings. The summed E-state index contributed by atoms with van der Waals surface area (Å²) in [6, 6.07) is 4.49. The number of carbonyl (C=O) groups is 1. The number of hydrogen-bond donors (Lipinski definition) is 2. The molecule has 0 aliphatic rings. The smallest absolute Gasteiger partial charge is 0.320 e. The molecule has 0 aliphatic heterocycles. The van der Waals surface area contributed by atoms with Gasteiger partial charge >= 0.3 is 5.97 Å². The maximum atomic E-state index is 12.9. The molecule has 3 N–H and O–H groups in total. The van der Waals surface area contributed by atoms with E-state index in [2.05, 4.69) is 0 Å². The molecule has 0 saturated carbocycles. The van der Waals surface area contributed by atoms with Crippen LogP contribution in [0.4, 0.5) is 8.78 Å². The zero-order valence-corrected chi connectivity index (χ0v) is 8.78. The van der Waals surface area contributed by atoms with Crippen LogP contribution in [0.15, 0.2) is 24.3 Å². The Bertz CT molecular complexity index is 371. The van der Waals surface area contributed by atoms with Crippen LogP contribution in [0.2, 0.25) is 0 Å². The molecule has 1 atom stereocenters. The van der Waals surface area contributed by atoms with Crippen LogP contribution in [0, 0.1) is 0 Å². The summed E-state index contributed by atoms with van der Waals surface area (Å²) in [5.41, 5.74) is 5.86. The lowest BCUT2D eigenvalue weighted by atomic mass is 10.0. The van der Waals surface area contributed by atoms with E-state index in [1.54, 1.807) is 0 Å². The first-order valence-corrected chi connectivity index (χ1v) is 4.76. The van der Waals surface area contributed by atoms with Crippen molar-refractivity contribution in [3.05, 3.63) is 35.4 Å². The molecule has 0 radical (unpaired) electrons. The summed E-state index contributed by atoms with van der Waals surface area (Å²) in [4.78, 5) is 10.5. The van der Waals surface area contributed by atoms with Gasteiger partial charge in [0.2, 0.25) is 0 Å². The Balaban J connectivity index is 2.76. The van der Waals surface area contributed by atoms with Gasteiger partial charge < -0.3 is 10.8 Å². The molecule has 0 amide bonds. The van der Waals surface area contributed by atoms with Crippen LogP contribution in [0.25, 0.3) is 0 Å². The zero-order chi connectivity index (χ0) is 12.3. The molecular weight excluding hydrogens is 216 g/mol. The van der Waals surface area contributed by atoms with E-state index < -0.39 is 17.9 Å². The van der Waals surface area contributed by atoms with Crippen molar-refractivity contribution in [2.24, 2.45) is 5.73 Å². The number of aliphatic carboxylic acids is 1. The number of rotatable bonds is 4. The summed E-state index contributed by atoms with van der Waals surface area (Å²) in [7, 11) is 0. The summed E-state index contributed by atoms with van der Waals surface area (Å²) in [5.74, 6) is -3.99. The number of hydrogen-bond acceptors (Lipinski definition) is 2. The van der Waals surface area contributed by atoms with Gasteiger partial charge in [0, 0.05) is 12.5 Å². The molecule has 88 valence electrons. The van der Waals surface area contributed by atoms with E-state index in [9.17, 15) is 13.6 Å². The molecule has 0 aliphatic carbocycles. The van der Waals surface area contributed by atoms with Crippen LogP contribution in [0.1, 0.15) is 18.1 Å². The molecule has 1 unspecified atom stereocenters. The van der Waals surface area contributed by atoms with E-state index in [1.165, 1.54) is 24.3 Å². The number of nitrogens with two attached hydrogens (primary N) is 1. The van der Waals surface area contributed by atoms with Crippen molar-refractivity contribution < 1.29 is 18.7 Å². The monoisotopic (exact) mass is 229 g/mol. The number of halogens is 2. The Labute approximate surface area is 91.9 Å². The van der Waals surface area contributed by atoms with Gasteiger partial charge in [0.05, 0.1) is 0 Å². The minimum absolute atomic E-state index is 0.0971. The standard InChI is InChI=1S/C11H13F2NO2/c1-11(12,13)8-4-2-7(3-5-8)6-9(14)10(15)16/h2-5,9H,6,14H2,1H3,(H,15,16). The van der Waals surface area contributed by atoms with Gasteiger partial charge in [0.15, 0.2) is 0 Å². The average Bonchev–Trinajstić information content (AvgIpc) is 2.17. The number of alkyl halides is 2. The van der Waals surface area contributed by atoms with Crippen molar-refractivity contribution >= 4 is 5.97 Å². The van der Waals surface area contributed by atoms with Crippen molar-refractivity contribution in [1.82, 2.24) is 0 Å². The summed E-state index contributed by atoms with van der Waals surface area (Å²) in [6.45, 7) is 0.811. The van der Waals surface area contributed by atoms with E-state index in [1.807, 2.05) is 0 Å². The Morgan fingerprint density at radius 1 is 1.44 bits per heavy atom. The molecule has 0 spiro atoms. The normalized spacial score (nSPS) is 13.5. The van der Waals surface area contributed by atoms with Crippen LogP contribution < -0.4 is 5.73 Å². The summed E-state index contributed by atoms with van der Waals surface area (Å²) >= 11 is 0. The Hall–Kier alpha value is -1.49. The first kappa shape index (κ1) is 12.6. The van der Waals surface area contributed by atoms with Crippen LogP contribution >= 0.6 is 0 Å². The lowest BCUT2D eigenvalue weighted by Crippen LogP contribution is -2.32. The Kier molecular flexibility index (Phi) is 3.59. The molecule has 0 saturated heterocycles. The van der Waals surface area contributed by atoms with Crippen molar-refractivity contribution in [3.63, 3.8) is 0 Å². The van der Waals surface area contributed by atoms with Crippen molar-refractivity contribution in [2.75, 3.05) is 0 Å². The van der Waals surface area contributed by atoms with Crippen molar-refractivity contribution in [2.45, 2.75) is 25.3 Å². The third kappa shape index (κ3) is 3.27. The molecule has 1 aromatic carbocycles. The van der Waals surface area contributed by atoms with Crippen LogP contribution in [0.5, 0.6) is 0 Å². The first-order valence-electron chi connectivity index (χ1n) is 4.76. The van der Waals surface area contributed by atoms with Gasteiger partial charge in [0.25, 0.3) is 5.92 Å². The van der Waals surface area contributed by atoms with Crippen LogP contribution in [-0.2, 0) is 17.1 Å². The fourth-order valence-corrected chi connectivity index (χ4v) is 1.27. The molecule has 5 heteroatoms. The average molecular weight is 229 g/mol. The third-order valence-electron chi connectivity index (χ3n) is 2.23. The zero-order valence-electron chi connectivity index (χ0n) is 8.78. The van der Waals surface area contributed by atoms with E-state index in [-0.39, 0.29) is 12.0 Å². The molecular formula is C11H13F2NO2. The summed E-state index contributed by atoms with van der Waals surface area (Å²) in [6.07, 6.45) is 0.130. The van der Waals surface area contributed by atoms with Gasteiger partial charge in [-0.3, -0.25) is 4.79 Å². The fourth-order valence-electron chi connectivity index (χ4n) is 1.27. The lowest BCUT2D eigenvalue weighted by molar-refractivity contribution is -0.138. The van der Waals surface area contributed by atoms with E-state index in [4.69, 9.17) is 10.8 Å². The van der Waals surface area contributed by atoms with Crippen molar-refractivity contribution in [3.8, 4) is 0 Å². The second-order valence-corrected chi connectivity index (χ2v) is 3.73. The van der Waals surface area contributed by atoms with E-state index in [0.717, 1.165) is 6.92 Å². The predicted molar refractivity (Wildman–Crippen MR) is 55.3 cm³/mol. The number of carboxylic acid groups (broad SMARTS) is 1. The predicted octanol–water partition coefficient (Wildman–Crippen LogP) is 1.75. The Morgan fingerprint density at radius 2 is 1.94 bits per heavy atom. The maximum absolute atomic E-state index is 12.9. The molecule has 3 nitrogen and oxygen atoms in total. The highest BCUT2D eigenvalue weighted by molar-refractivity contribution is 5.73. The summed E-state index contributed by atoms with van der Waals surface area (Å²) in [5, 5.41) is 8.58. The molecule has 0 aromatic heterocycles. The fraction of sp³-hybridized carbons (Fsp3) is 0.364. The van der Waals surface area contributed by atoms with E-state index in [0.29, 0.717) is 5.56 Å². The first-order chi connectivity index (χ1) is 7.30. The maximum Gasteiger partial charge on any atom is 0.320 e. The second kappa shape index (κ2) is 4.57. The van der Waals surface area contributed by atoms with Gasteiger partial charge in [-0.2, -0.15) is 0 Å². The minimum atomic E-state index is -2.88. The topological polar surface area (TPSA) is 63.3 Å². The highest BCUT2D eigenvalue weighted by atomic mass is 19.3. The van der Waals surface area contributed by atoms with Gasteiger partial charge in [-0.15, -0.1) is 0 Å². The molecule has 1 rings (SSSR count). The van der Waals surface area contributed by atoms with Crippen LogP contribution in [0.3, 0.4) is 0 Å². The molecule has 16 heavy (non-hydrogen) atoms. The highest BCUT2D eigenvalue weighted by Gasteiger charge is 2.23. The third-order valence-corrected chi connectivity index (χ3v) is 2.23. The number of carboxylic acids is 1. The van der Waals surface area contributed by atoms with E-state index >= 15 is 0 Å².